The van der Waals surface area contributed by atoms with Crippen LogP contribution in [0.25, 0.3) is 0 Å². The number of para-hydroxylation sites is 1. The van der Waals surface area contributed by atoms with E-state index in [0.29, 0.717) is 5.11 Å². The van der Waals surface area contributed by atoms with E-state index >= 15 is 0 Å². The first kappa shape index (κ1) is 13.2. The van der Waals surface area contributed by atoms with Crippen LogP contribution in [-0.2, 0) is 0 Å². The molecule has 0 aliphatic heterocycles. The fourth-order valence-corrected chi connectivity index (χ4v) is 1.64. The molecule has 0 radical (unpaired) electrons. The van der Waals surface area contributed by atoms with Gasteiger partial charge in [0.2, 0.25) is 0 Å². The topological polar surface area (TPSA) is 27.6 Å². The molecule has 0 amide bonds. The lowest BCUT2D eigenvalue weighted by molar-refractivity contribution is 0.557. The van der Waals surface area contributed by atoms with Crippen LogP contribution in [0.2, 0.25) is 0 Å². The molecule has 0 fully saturated rings. The van der Waals surface area contributed by atoms with Crippen molar-refractivity contribution in [2.75, 3.05) is 12.4 Å². The van der Waals surface area contributed by atoms with Crippen LogP contribution in [0.5, 0.6) is 0 Å². The first-order valence-electron chi connectivity index (χ1n) is 5.94. The van der Waals surface area contributed by atoms with Crippen molar-refractivity contribution >= 4 is 29.2 Å². The second-order valence-electron chi connectivity index (χ2n) is 3.98. The quantitative estimate of drug-likeness (QED) is 0.526. The van der Waals surface area contributed by atoms with Gasteiger partial charge in [-0.2, -0.15) is 5.10 Å². The van der Waals surface area contributed by atoms with Gasteiger partial charge >= 0.3 is 0 Å². The monoisotopic (exact) mass is 269 g/mol. The zero-order valence-electron chi connectivity index (χ0n) is 10.7. The molecular weight excluding hydrogens is 254 g/mol. The number of hydrogen-bond donors (Lipinski definition) is 1. The summed E-state index contributed by atoms with van der Waals surface area (Å²) in [6, 6.07) is 19.7. The highest BCUT2D eigenvalue weighted by molar-refractivity contribution is 7.80. The van der Waals surface area contributed by atoms with Crippen LogP contribution >= 0.6 is 12.2 Å². The molecule has 1 N–H and O–H groups in total. The number of rotatable bonds is 3. The van der Waals surface area contributed by atoms with Crippen molar-refractivity contribution in [3.05, 3.63) is 66.2 Å². The van der Waals surface area contributed by atoms with Crippen molar-refractivity contribution in [3.8, 4) is 0 Å². The minimum absolute atomic E-state index is 0.554. The van der Waals surface area contributed by atoms with Crippen LogP contribution in [0.15, 0.2) is 65.8 Å². The smallest absolute Gasteiger partial charge is 0.193 e. The highest BCUT2D eigenvalue weighted by atomic mass is 32.1. The molecule has 96 valence electrons. The number of nitrogens with one attached hydrogen (secondary N) is 1. The lowest BCUT2D eigenvalue weighted by Gasteiger charge is -2.15. The van der Waals surface area contributed by atoms with E-state index in [0.717, 1.165) is 11.3 Å². The lowest BCUT2D eigenvalue weighted by Crippen LogP contribution is -2.26. The fourth-order valence-electron chi connectivity index (χ4n) is 1.47. The molecule has 0 saturated heterocycles. The molecule has 2 aromatic carbocycles. The van der Waals surface area contributed by atoms with Gasteiger partial charge in [0.1, 0.15) is 0 Å². The molecule has 3 nitrogen and oxygen atoms in total. The Balaban J connectivity index is 1.95. The number of nitrogens with zero attached hydrogens (tertiary/aromatic N) is 2. The fraction of sp³-hybridized carbons (Fsp3) is 0.0667. The van der Waals surface area contributed by atoms with Gasteiger partial charge in [0.25, 0.3) is 0 Å². The summed E-state index contributed by atoms with van der Waals surface area (Å²) in [5.74, 6) is 0. The lowest BCUT2D eigenvalue weighted by atomic mass is 10.2. The van der Waals surface area contributed by atoms with Crippen LogP contribution in [0.3, 0.4) is 0 Å². The van der Waals surface area contributed by atoms with E-state index in [1.807, 2.05) is 67.7 Å². The zero-order chi connectivity index (χ0) is 13.5. The second-order valence-corrected chi connectivity index (χ2v) is 4.36. The Morgan fingerprint density at radius 2 is 1.63 bits per heavy atom. The van der Waals surface area contributed by atoms with E-state index in [1.54, 1.807) is 11.2 Å². The first-order valence-corrected chi connectivity index (χ1v) is 6.35. The van der Waals surface area contributed by atoms with Crippen molar-refractivity contribution < 1.29 is 0 Å². The summed E-state index contributed by atoms with van der Waals surface area (Å²) in [6.07, 6.45) is 1.78. The van der Waals surface area contributed by atoms with Crippen LogP contribution < -0.4 is 5.32 Å². The third kappa shape index (κ3) is 4.19. The predicted molar refractivity (Wildman–Crippen MR) is 84.5 cm³/mol. The van der Waals surface area contributed by atoms with Crippen molar-refractivity contribution in [3.63, 3.8) is 0 Å². The normalized spacial score (nSPS) is 10.4. The number of thiocarbonyl (C=S) groups is 1. The molecule has 0 saturated carbocycles. The van der Waals surface area contributed by atoms with Crippen LogP contribution in [0.1, 0.15) is 5.56 Å². The van der Waals surface area contributed by atoms with Gasteiger partial charge in [-0.15, -0.1) is 0 Å². The maximum absolute atomic E-state index is 5.28. The summed E-state index contributed by atoms with van der Waals surface area (Å²) in [5.41, 5.74) is 1.99. The van der Waals surface area contributed by atoms with Crippen molar-refractivity contribution in [1.82, 2.24) is 5.01 Å². The average Bonchev–Trinajstić information content (AvgIpc) is 2.47. The Labute approximate surface area is 118 Å². The Hall–Kier alpha value is -2.20. The van der Waals surface area contributed by atoms with Crippen LogP contribution in [0, 0.1) is 0 Å². The van der Waals surface area contributed by atoms with Gasteiger partial charge in [-0.3, -0.25) is 0 Å². The van der Waals surface area contributed by atoms with Gasteiger partial charge in [-0.25, -0.2) is 5.01 Å². The molecule has 0 unspecified atom stereocenters. The maximum Gasteiger partial charge on any atom is 0.193 e. The summed E-state index contributed by atoms with van der Waals surface area (Å²) in [5, 5.41) is 9.60. The molecule has 0 aliphatic carbocycles. The van der Waals surface area contributed by atoms with Gasteiger partial charge in [-0.05, 0) is 29.9 Å². The van der Waals surface area contributed by atoms with Crippen molar-refractivity contribution in [2.24, 2.45) is 5.10 Å². The van der Waals surface area contributed by atoms with Gasteiger partial charge < -0.3 is 5.32 Å². The highest BCUT2D eigenvalue weighted by Crippen LogP contribution is 2.06. The van der Waals surface area contributed by atoms with Gasteiger partial charge in [0.05, 0.1) is 6.21 Å². The summed E-state index contributed by atoms with van der Waals surface area (Å²) >= 11 is 5.28. The average molecular weight is 269 g/mol. The minimum Gasteiger partial charge on any atom is -0.331 e. The molecule has 0 heterocycles. The van der Waals surface area contributed by atoms with E-state index in [1.165, 1.54) is 0 Å². The first-order chi connectivity index (χ1) is 9.25. The maximum atomic E-state index is 5.28. The standard InChI is InChI=1S/C15H15N3S/c1-18(16-12-13-8-4-2-5-9-13)15(19)17-14-10-6-3-7-11-14/h2-12H,1H3,(H,17,19)/b16-12+. The largest absolute Gasteiger partial charge is 0.331 e. The van der Waals surface area contributed by atoms with Crippen LogP contribution in [-0.4, -0.2) is 23.4 Å². The van der Waals surface area contributed by atoms with Crippen molar-refractivity contribution in [2.45, 2.75) is 0 Å². The van der Waals surface area contributed by atoms with Gasteiger partial charge in [-0.1, -0.05) is 48.5 Å². The predicted octanol–water partition coefficient (Wildman–Crippen LogP) is 3.35. The third-order valence-electron chi connectivity index (χ3n) is 2.50. The molecule has 2 aromatic rings. The summed E-state index contributed by atoms with van der Waals surface area (Å²) in [6.45, 7) is 0. The Morgan fingerprint density at radius 1 is 1.05 bits per heavy atom. The Kier molecular flexibility index (Phi) is 4.64. The third-order valence-corrected chi connectivity index (χ3v) is 2.86. The number of anilines is 1. The molecule has 19 heavy (non-hydrogen) atoms. The van der Waals surface area contributed by atoms with Gasteiger partial charge in [0, 0.05) is 12.7 Å². The Bertz CT molecular complexity index is 552. The van der Waals surface area contributed by atoms with E-state index in [-0.39, 0.29) is 0 Å². The van der Waals surface area contributed by atoms with E-state index in [9.17, 15) is 0 Å². The molecule has 0 bridgehead atoms. The van der Waals surface area contributed by atoms with E-state index in [4.69, 9.17) is 12.2 Å². The molecule has 2 rings (SSSR count). The van der Waals surface area contributed by atoms with Gasteiger partial charge in [0.15, 0.2) is 5.11 Å². The summed E-state index contributed by atoms with van der Waals surface area (Å²) in [7, 11) is 1.82. The summed E-state index contributed by atoms with van der Waals surface area (Å²) in [4.78, 5) is 0. The molecular formula is C15H15N3S. The van der Waals surface area contributed by atoms with E-state index in [2.05, 4.69) is 10.4 Å². The molecule has 4 heteroatoms. The van der Waals surface area contributed by atoms with Crippen molar-refractivity contribution in [1.29, 1.82) is 0 Å². The van der Waals surface area contributed by atoms with Crippen LogP contribution in [0.4, 0.5) is 5.69 Å². The number of hydrogen-bond acceptors (Lipinski definition) is 2. The van der Waals surface area contributed by atoms with E-state index < -0.39 is 0 Å². The SMILES string of the molecule is CN(/N=C/c1ccccc1)C(=S)Nc1ccccc1. The molecule has 0 aromatic heterocycles. The second kappa shape index (κ2) is 6.66. The molecule has 0 atom stereocenters. The molecule has 0 spiro atoms. The number of hydrazone groups is 1. The highest BCUT2D eigenvalue weighted by Gasteiger charge is 2.01. The zero-order valence-corrected chi connectivity index (χ0v) is 11.5. The minimum atomic E-state index is 0.554. The number of benzene rings is 2. The molecule has 0 aliphatic rings. The summed E-state index contributed by atoms with van der Waals surface area (Å²) < 4.78 is 0. The Morgan fingerprint density at radius 3 is 2.26 bits per heavy atom.